The van der Waals surface area contributed by atoms with Crippen molar-refractivity contribution in [2.75, 3.05) is 0 Å². The van der Waals surface area contributed by atoms with E-state index in [9.17, 15) is 0 Å². The van der Waals surface area contributed by atoms with E-state index in [-0.39, 0.29) is 12.1 Å². The molecule has 0 bridgehead atoms. The molecule has 0 fully saturated rings. The molecule has 1 atom stereocenters. The van der Waals surface area contributed by atoms with Gasteiger partial charge in [0.2, 0.25) is 0 Å². The maximum atomic E-state index is 6.33. The van der Waals surface area contributed by atoms with Gasteiger partial charge in [-0.15, -0.1) is 0 Å². The van der Waals surface area contributed by atoms with Gasteiger partial charge in [-0.05, 0) is 55.7 Å². The van der Waals surface area contributed by atoms with E-state index in [2.05, 4.69) is 35.0 Å². The molecule has 20 heavy (non-hydrogen) atoms. The fourth-order valence-corrected chi connectivity index (χ4v) is 2.33. The molecule has 106 valence electrons. The van der Waals surface area contributed by atoms with Crippen LogP contribution in [0.3, 0.4) is 0 Å². The van der Waals surface area contributed by atoms with Gasteiger partial charge in [-0.1, -0.05) is 40.2 Å². The van der Waals surface area contributed by atoms with Crippen LogP contribution in [0.15, 0.2) is 46.9 Å². The van der Waals surface area contributed by atoms with Gasteiger partial charge in [-0.25, -0.2) is 0 Å². The summed E-state index contributed by atoms with van der Waals surface area (Å²) in [5, 5.41) is 0. The minimum atomic E-state index is -0.116. The Morgan fingerprint density at radius 2 is 1.60 bits per heavy atom. The monoisotopic (exact) mass is 333 g/mol. The van der Waals surface area contributed by atoms with Gasteiger partial charge in [-0.3, -0.25) is 0 Å². The Morgan fingerprint density at radius 1 is 1.00 bits per heavy atom. The molecule has 3 heteroatoms. The molecule has 0 spiro atoms. The van der Waals surface area contributed by atoms with Crippen LogP contribution in [-0.4, -0.2) is 6.10 Å². The van der Waals surface area contributed by atoms with Crippen LogP contribution in [0.25, 0.3) is 0 Å². The zero-order chi connectivity index (χ0) is 14.7. The average molecular weight is 334 g/mol. The Morgan fingerprint density at radius 3 is 2.15 bits per heavy atom. The summed E-state index contributed by atoms with van der Waals surface area (Å²) < 4.78 is 6.75. The minimum absolute atomic E-state index is 0.116. The standard InChI is InChI=1S/C17H20BrNO/c1-11(2)20-15-7-4-13(5-8-15)17(19)14-6-9-16(18)12(3)10-14/h4-11,17H,19H2,1-3H3. The van der Waals surface area contributed by atoms with Gasteiger partial charge < -0.3 is 10.5 Å². The van der Waals surface area contributed by atoms with Crippen molar-refractivity contribution in [3.8, 4) is 5.75 Å². The smallest absolute Gasteiger partial charge is 0.119 e. The van der Waals surface area contributed by atoms with E-state index in [4.69, 9.17) is 10.5 Å². The number of aryl methyl sites for hydroxylation is 1. The molecule has 2 aromatic carbocycles. The fraction of sp³-hybridized carbons (Fsp3) is 0.294. The third-order valence-electron chi connectivity index (χ3n) is 3.15. The fourth-order valence-electron chi connectivity index (χ4n) is 2.08. The number of hydrogen-bond donors (Lipinski definition) is 1. The number of halogens is 1. The molecule has 0 aliphatic rings. The summed E-state index contributed by atoms with van der Waals surface area (Å²) in [5.41, 5.74) is 9.72. The molecule has 0 aliphatic carbocycles. The average Bonchev–Trinajstić information content (AvgIpc) is 2.41. The molecule has 0 amide bonds. The highest BCUT2D eigenvalue weighted by molar-refractivity contribution is 9.10. The van der Waals surface area contributed by atoms with Crippen molar-refractivity contribution in [3.63, 3.8) is 0 Å². The third kappa shape index (κ3) is 3.62. The summed E-state index contributed by atoms with van der Waals surface area (Å²) >= 11 is 3.51. The number of ether oxygens (including phenoxy) is 1. The number of hydrogen-bond acceptors (Lipinski definition) is 2. The predicted molar refractivity (Wildman–Crippen MR) is 87.1 cm³/mol. The number of nitrogens with two attached hydrogens (primary N) is 1. The summed E-state index contributed by atoms with van der Waals surface area (Å²) in [6, 6.07) is 14.1. The first kappa shape index (κ1) is 15.1. The maximum absolute atomic E-state index is 6.33. The topological polar surface area (TPSA) is 35.2 Å². The zero-order valence-electron chi connectivity index (χ0n) is 12.1. The molecule has 0 heterocycles. The first-order valence-electron chi connectivity index (χ1n) is 6.75. The first-order valence-corrected chi connectivity index (χ1v) is 7.55. The van der Waals surface area contributed by atoms with Crippen molar-refractivity contribution in [1.29, 1.82) is 0 Å². The van der Waals surface area contributed by atoms with E-state index < -0.39 is 0 Å². The maximum Gasteiger partial charge on any atom is 0.119 e. The highest BCUT2D eigenvalue weighted by atomic mass is 79.9. The van der Waals surface area contributed by atoms with Crippen LogP contribution in [0.5, 0.6) is 5.75 Å². The molecule has 0 aromatic heterocycles. The van der Waals surface area contributed by atoms with Gasteiger partial charge >= 0.3 is 0 Å². The van der Waals surface area contributed by atoms with Crippen LogP contribution in [0.2, 0.25) is 0 Å². The lowest BCUT2D eigenvalue weighted by atomic mass is 9.98. The molecule has 2 nitrogen and oxygen atoms in total. The number of benzene rings is 2. The van der Waals surface area contributed by atoms with Gasteiger partial charge in [0.25, 0.3) is 0 Å². The first-order chi connectivity index (χ1) is 9.47. The molecular formula is C17H20BrNO. The second-order valence-corrected chi connectivity index (χ2v) is 6.08. The molecular weight excluding hydrogens is 314 g/mol. The van der Waals surface area contributed by atoms with Gasteiger partial charge in [0.15, 0.2) is 0 Å². The van der Waals surface area contributed by atoms with E-state index in [0.29, 0.717) is 0 Å². The van der Waals surface area contributed by atoms with Crippen molar-refractivity contribution in [3.05, 3.63) is 63.6 Å². The Hall–Kier alpha value is -1.32. The van der Waals surface area contributed by atoms with Crippen molar-refractivity contribution in [2.24, 2.45) is 5.73 Å². The highest BCUT2D eigenvalue weighted by Crippen LogP contribution is 2.25. The Kier molecular flexibility index (Phi) is 4.84. The van der Waals surface area contributed by atoms with E-state index in [1.54, 1.807) is 0 Å². The van der Waals surface area contributed by atoms with Crippen molar-refractivity contribution >= 4 is 15.9 Å². The van der Waals surface area contributed by atoms with E-state index >= 15 is 0 Å². The summed E-state index contributed by atoms with van der Waals surface area (Å²) in [4.78, 5) is 0. The summed E-state index contributed by atoms with van der Waals surface area (Å²) in [6.07, 6.45) is 0.184. The van der Waals surface area contributed by atoms with Crippen LogP contribution in [0.4, 0.5) is 0 Å². The lowest BCUT2D eigenvalue weighted by Gasteiger charge is -2.15. The molecule has 0 saturated carbocycles. The molecule has 2 rings (SSSR count). The lowest BCUT2D eigenvalue weighted by molar-refractivity contribution is 0.242. The SMILES string of the molecule is Cc1cc(C(N)c2ccc(OC(C)C)cc2)ccc1Br. The molecule has 0 radical (unpaired) electrons. The van der Waals surface area contributed by atoms with Crippen LogP contribution in [-0.2, 0) is 0 Å². The van der Waals surface area contributed by atoms with Crippen molar-refractivity contribution in [2.45, 2.75) is 32.9 Å². The largest absolute Gasteiger partial charge is 0.491 e. The second kappa shape index (κ2) is 6.42. The quantitative estimate of drug-likeness (QED) is 0.887. The molecule has 2 aromatic rings. The molecule has 2 N–H and O–H groups in total. The van der Waals surface area contributed by atoms with Crippen LogP contribution >= 0.6 is 15.9 Å². The van der Waals surface area contributed by atoms with Gasteiger partial charge in [0, 0.05) is 4.47 Å². The van der Waals surface area contributed by atoms with Gasteiger partial charge in [0.05, 0.1) is 12.1 Å². The lowest BCUT2D eigenvalue weighted by Crippen LogP contribution is -2.12. The highest BCUT2D eigenvalue weighted by Gasteiger charge is 2.10. The molecule has 0 saturated heterocycles. The Balaban J connectivity index is 2.20. The predicted octanol–water partition coefficient (Wildman–Crippen LogP) is 4.59. The van der Waals surface area contributed by atoms with Crippen molar-refractivity contribution < 1.29 is 4.74 Å². The van der Waals surface area contributed by atoms with Gasteiger partial charge in [-0.2, -0.15) is 0 Å². The van der Waals surface area contributed by atoms with E-state index in [1.807, 2.05) is 44.2 Å². The summed E-state index contributed by atoms with van der Waals surface area (Å²) in [7, 11) is 0. The van der Waals surface area contributed by atoms with Crippen LogP contribution in [0, 0.1) is 6.92 Å². The van der Waals surface area contributed by atoms with Crippen molar-refractivity contribution in [1.82, 2.24) is 0 Å². The second-order valence-electron chi connectivity index (χ2n) is 5.22. The van der Waals surface area contributed by atoms with Gasteiger partial charge in [0.1, 0.15) is 5.75 Å². The summed E-state index contributed by atoms with van der Waals surface area (Å²) in [5.74, 6) is 0.878. The van der Waals surface area contributed by atoms with Crippen LogP contribution < -0.4 is 10.5 Å². The normalized spacial score (nSPS) is 12.5. The zero-order valence-corrected chi connectivity index (χ0v) is 13.6. The van der Waals surface area contributed by atoms with E-state index in [1.165, 1.54) is 5.56 Å². The minimum Gasteiger partial charge on any atom is -0.491 e. The van der Waals surface area contributed by atoms with Crippen LogP contribution in [0.1, 0.15) is 36.6 Å². The molecule has 0 aliphatic heterocycles. The third-order valence-corrected chi connectivity index (χ3v) is 4.04. The van der Waals surface area contributed by atoms with E-state index in [0.717, 1.165) is 21.3 Å². The number of rotatable bonds is 4. The Labute approximate surface area is 129 Å². The molecule has 1 unspecified atom stereocenters. The Bertz CT molecular complexity index is 578. The summed E-state index contributed by atoms with van der Waals surface area (Å²) in [6.45, 7) is 6.11.